The van der Waals surface area contributed by atoms with Crippen molar-refractivity contribution in [2.75, 3.05) is 13.1 Å². The van der Waals surface area contributed by atoms with E-state index < -0.39 is 0 Å². The number of hydrogen-bond donors (Lipinski definition) is 2. The van der Waals surface area contributed by atoms with Gasteiger partial charge in [0.25, 0.3) is 5.91 Å². The molecular weight excluding hydrogens is 267 g/mol. The second-order valence-electron chi connectivity index (χ2n) is 5.01. The summed E-state index contributed by atoms with van der Waals surface area (Å²) in [4.78, 5) is 12.1. The fraction of sp³-hybridized carbons (Fsp3) is 0.500. The first-order chi connectivity index (χ1) is 8.58. The summed E-state index contributed by atoms with van der Waals surface area (Å²) in [5.41, 5.74) is 1.23. The maximum Gasteiger partial charge on any atom is 0.251 e. The van der Waals surface area contributed by atoms with E-state index in [1.807, 2.05) is 0 Å². The number of hydrogen-bond acceptors (Lipinski definition) is 2. The third-order valence-corrected chi connectivity index (χ3v) is 3.53. The Morgan fingerprint density at radius 2 is 2.21 bits per heavy atom. The maximum absolute atomic E-state index is 13.0. The lowest BCUT2D eigenvalue weighted by atomic mass is 9.94. The summed E-state index contributed by atoms with van der Waals surface area (Å²) in [6, 6.07) is 4.46. The first-order valence-corrected chi connectivity index (χ1v) is 6.35. The van der Waals surface area contributed by atoms with Crippen molar-refractivity contribution in [2.24, 2.45) is 5.92 Å². The molecule has 2 N–H and O–H groups in total. The van der Waals surface area contributed by atoms with Gasteiger partial charge in [-0.3, -0.25) is 4.79 Å². The maximum atomic E-state index is 13.0. The van der Waals surface area contributed by atoms with Gasteiger partial charge in [-0.15, -0.1) is 12.4 Å². The van der Waals surface area contributed by atoms with E-state index in [9.17, 15) is 9.18 Å². The van der Waals surface area contributed by atoms with Crippen LogP contribution in [0.1, 0.15) is 29.3 Å². The van der Waals surface area contributed by atoms with E-state index in [0.717, 1.165) is 19.5 Å². The average molecular weight is 287 g/mol. The summed E-state index contributed by atoms with van der Waals surface area (Å²) in [6.45, 7) is 5.73. The summed E-state index contributed by atoms with van der Waals surface area (Å²) >= 11 is 0. The average Bonchev–Trinajstić information content (AvgIpc) is 2.32. The van der Waals surface area contributed by atoms with Crippen LogP contribution in [0.25, 0.3) is 0 Å². The van der Waals surface area contributed by atoms with Gasteiger partial charge in [-0.05, 0) is 56.1 Å². The molecule has 1 heterocycles. The van der Waals surface area contributed by atoms with Gasteiger partial charge >= 0.3 is 0 Å². The van der Waals surface area contributed by atoms with E-state index >= 15 is 0 Å². The van der Waals surface area contributed by atoms with Crippen LogP contribution < -0.4 is 10.6 Å². The van der Waals surface area contributed by atoms with E-state index in [1.165, 1.54) is 12.1 Å². The summed E-state index contributed by atoms with van der Waals surface area (Å²) in [6.07, 6.45) is 0.938. The highest BCUT2D eigenvalue weighted by molar-refractivity contribution is 5.95. The Bertz CT molecular complexity index is 453. The Morgan fingerprint density at radius 1 is 1.47 bits per heavy atom. The lowest BCUT2D eigenvalue weighted by Gasteiger charge is -2.30. The second-order valence-corrected chi connectivity index (χ2v) is 5.01. The van der Waals surface area contributed by atoms with Gasteiger partial charge in [0.2, 0.25) is 0 Å². The Balaban J connectivity index is 0.00000180. The first-order valence-electron chi connectivity index (χ1n) is 6.35. The zero-order chi connectivity index (χ0) is 13.1. The molecule has 2 unspecified atom stereocenters. The Kier molecular flexibility index (Phi) is 5.76. The lowest BCUT2D eigenvalue weighted by Crippen LogP contribution is -2.48. The molecule has 5 heteroatoms. The number of benzene rings is 1. The molecule has 2 rings (SSSR count). The predicted molar refractivity (Wildman–Crippen MR) is 76.3 cm³/mol. The molecule has 1 aromatic rings. The molecule has 1 amide bonds. The largest absolute Gasteiger partial charge is 0.349 e. The van der Waals surface area contributed by atoms with E-state index in [1.54, 1.807) is 13.0 Å². The number of rotatable bonds is 2. The van der Waals surface area contributed by atoms with Crippen LogP contribution in [0.2, 0.25) is 0 Å². The molecule has 0 bridgehead atoms. The van der Waals surface area contributed by atoms with Gasteiger partial charge in [0.1, 0.15) is 5.82 Å². The first kappa shape index (κ1) is 15.9. The molecular formula is C14H20ClFN2O. The predicted octanol–water partition coefficient (Wildman–Crippen LogP) is 2.28. The van der Waals surface area contributed by atoms with Gasteiger partial charge < -0.3 is 10.6 Å². The number of carbonyl (C=O) groups excluding carboxylic acids is 1. The van der Waals surface area contributed by atoms with Crippen LogP contribution in [0.3, 0.4) is 0 Å². The molecule has 1 aliphatic rings. The Hall–Kier alpha value is -1.13. The Labute approximate surface area is 119 Å². The highest BCUT2D eigenvalue weighted by Gasteiger charge is 2.23. The number of piperidine rings is 1. The van der Waals surface area contributed by atoms with Gasteiger partial charge in [0, 0.05) is 11.6 Å². The second kappa shape index (κ2) is 6.87. The van der Waals surface area contributed by atoms with E-state index in [0.29, 0.717) is 17.0 Å². The van der Waals surface area contributed by atoms with Crippen LogP contribution in [0.15, 0.2) is 18.2 Å². The van der Waals surface area contributed by atoms with Crippen molar-refractivity contribution < 1.29 is 9.18 Å². The zero-order valence-corrected chi connectivity index (χ0v) is 12.0. The molecule has 1 saturated heterocycles. The van der Waals surface area contributed by atoms with Crippen molar-refractivity contribution in [1.82, 2.24) is 10.6 Å². The summed E-state index contributed by atoms with van der Waals surface area (Å²) in [5, 5.41) is 6.34. The van der Waals surface area contributed by atoms with Crippen molar-refractivity contribution in [1.29, 1.82) is 0 Å². The van der Waals surface area contributed by atoms with E-state index in [-0.39, 0.29) is 30.2 Å². The lowest BCUT2D eigenvalue weighted by molar-refractivity contribution is 0.0913. The molecule has 1 aliphatic heterocycles. The molecule has 0 aromatic heterocycles. The van der Waals surface area contributed by atoms with Gasteiger partial charge in [-0.1, -0.05) is 6.92 Å². The fourth-order valence-corrected chi connectivity index (χ4v) is 2.36. The van der Waals surface area contributed by atoms with Crippen LogP contribution in [-0.4, -0.2) is 25.0 Å². The summed E-state index contributed by atoms with van der Waals surface area (Å²) in [7, 11) is 0. The van der Waals surface area contributed by atoms with Crippen LogP contribution >= 0.6 is 12.4 Å². The van der Waals surface area contributed by atoms with Gasteiger partial charge in [-0.25, -0.2) is 4.39 Å². The normalized spacial score (nSPS) is 22.5. The summed E-state index contributed by atoms with van der Waals surface area (Å²) < 4.78 is 13.0. The van der Waals surface area contributed by atoms with E-state index in [2.05, 4.69) is 17.6 Å². The quantitative estimate of drug-likeness (QED) is 0.876. The molecule has 3 nitrogen and oxygen atoms in total. The van der Waals surface area contributed by atoms with Crippen LogP contribution in [0.4, 0.5) is 4.39 Å². The van der Waals surface area contributed by atoms with Crippen molar-refractivity contribution >= 4 is 18.3 Å². The minimum absolute atomic E-state index is 0. The third-order valence-electron chi connectivity index (χ3n) is 3.53. The van der Waals surface area contributed by atoms with Crippen molar-refractivity contribution in [3.8, 4) is 0 Å². The standard InChI is InChI=1S/C14H19FN2O.ClH/c1-9-7-11(15)3-4-12(9)14(18)17-13-5-6-16-8-10(13)2;/h3-4,7,10,13,16H,5-6,8H2,1-2H3,(H,17,18);1H. The molecule has 2 atom stereocenters. The summed E-state index contributed by atoms with van der Waals surface area (Å²) in [5.74, 6) is 0.00832. The SMILES string of the molecule is Cc1cc(F)ccc1C(=O)NC1CCNCC1C.Cl. The molecule has 1 fully saturated rings. The van der Waals surface area contributed by atoms with Crippen LogP contribution in [0.5, 0.6) is 0 Å². The minimum atomic E-state index is -0.306. The highest BCUT2D eigenvalue weighted by Crippen LogP contribution is 2.14. The number of nitrogens with one attached hydrogen (secondary N) is 2. The highest BCUT2D eigenvalue weighted by atomic mass is 35.5. The smallest absolute Gasteiger partial charge is 0.251 e. The van der Waals surface area contributed by atoms with Gasteiger partial charge in [0.15, 0.2) is 0 Å². The molecule has 1 aromatic carbocycles. The van der Waals surface area contributed by atoms with Crippen molar-refractivity contribution in [3.05, 3.63) is 35.1 Å². The van der Waals surface area contributed by atoms with Gasteiger partial charge in [0.05, 0.1) is 0 Å². The fourth-order valence-electron chi connectivity index (χ4n) is 2.36. The van der Waals surface area contributed by atoms with Crippen LogP contribution in [-0.2, 0) is 0 Å². The van der Waals surface area contributed by atoms with Crippen molar-refractivity contribution in [2.45, 2.75) is 26.3 Å². The van der Waals surface area contributed by atoms with Gasteiger partial charge in [-0.2, -0.15) is 0 Å². The van der Waals surface area contributed by atoms with Crippen LogP contribution in [0, 0.1) is 18.7 Å². The third kappa shape index (κ3) is 3.91. The molecule has 106 valence electrons. The molecule has 19 heavy (non-hydrogen) atoms. The minimum Gasteiger partial charge on any atom is -0.349 e. The Morgan fingerprint density at radius 3 is 2.84 bits per heavy atom. The molecule has 0 aliphatic carbocycles. The number of aryl methyl sites for hydroxylation is 1. The number of amides is 1. The number of carbonyl (C=O) groups is 1. The van der Waals surface area contributed by atoms with Crippen molar-refractivity contribution in [3.63, 3.8) is 0 Å². The topological polar surface area (TPSA) is 41.1 Å². The molecule has 0 radical (unpaired) electrons. The zero-order valence-electron chi connectivity index (χ0n) is 11.2. The van der Waals surface area contributed by atoms with E-state index in [4.69, 9.17) is 0 Å². The molecule has 0 saturated carbocycles. The molecule has 0 spiro atoms. The number of halogens is 2. The monoisotopic (exact) mass is 286 g/mol.